The van der Waals surface area contributed by atoms with E-state index in [2.05, 4.69) is 27.7 Å². The molecule has 0 unspecified atom stereocenters. The molecule has 0 aromatic heterocycles. The zero-order valence-electron chi connectivity index (χ0n) is 13.4. The SMILES string of the molecule is C=CC(=O)CCCCCCCCCCC[N+](C)(C)C. The number of carbonyl (C=O) groups is 1. The molecular weight excluding hydrogens is 234 g/mol. The van der Waals surface area contributed by atoms with E-state index in [9.17, 15) is 4.79 Å². The van der Waals surface area contributed by atoms with Crippen LogP contribution >= 0.6 is 0 Å². The summed E-state index contributed by atoms with van der Waals surface area (Å²) in [5.41, 5.74) is 0. The van der Waals surface area contributed by atoms with Gasteiger partial charge in [0.15, 0.2) is 5.78 Å². The molecule has 0 bridgehead atoms. The van der Waals surface area contributed by atoms with Gasteiger partial charge in [-0.25, -0.2) is 0 Å². The van der Waals surface area contributed by atoms with E-state index in [4.69, 9.17) is 0 Å². The number of quaternary nitrogens is 1. The van der Waals surface area contributed by atoms with Gasteiger partial charge < -0.3 is 4.48 Å². The van der Waals surface area contributed by atoms with E-state index >= 15 is 0 Å². The highest BCUT2D eigenvalue weighted by Crippen LogP contribution is 2.11. The average molecular weight is 268 g/mol. The molecule has 112 valence electrons. The summed E-state index contributed by atoms with van der Waals surface area (Å²) in [5.74, 6) is 0.192. The molecule has 0 N–H and O–H groups in total. The maximum absolute atomic E-state index is 11.0. The van der Waals surface area contributed by atoms with Gasteiger partial charge in [-0.2, -0.15) is 0 Å². The lowest BCUT2D eigenvalue weighted by molar-refractivity contribution is -0.870. The minimum Gasteiger partial charge on any atom is -0.331 e. The highest BCUT2D eigenvalue weighted by molar-refractivity contribution is 5.88. The van der Waals surface area contributed by atoms with Crippen LogP contribution in [0.3, 0.4) is 0 Å². The Morgan fingerprint density at radius 2 is 1.26 bits per heavy atom. The number of nitrogens with zero attached hydrogens (tertiary/aromatic N) is 1. The summed E-state index contributed by atoms with van der Waals surface area (Å²) >= 11 is 0. The van der Waals surface area contributed by atoms with Crippen molar-refractivity contribution in [2.24, 2.45) is 0 Å². The van der Waals surface area contributed by atoms with Gasteiger partial charge >= 0.3 is 0 Å². The van der Waals surface area contributed by atoms with E-state index in [1.54, 1.807) is 0 Å². The molecular formula is C17H34NO+. The molecule has 0 heterocycles. The molecule has 0 amide bonds. The summed E-state index contributed by atoms with van der Waals surface area (Å²) in [4.78, 5) is 11.0. The second-order valence-electron chi connectivity index (χ2n) is 6.62. The van der Waals surface area contributed by atoms with E-state index < -0.39 is 0 Å². The zero-order valence-corrected chi connectivity index (χ0v) is 13.4. The molecule has 0 radical (unpaired) electrons. The van der Waals surface area contributed by atoms with Crippen LogP contribution in [0.15, 0.2) is 12.7 Å². The first-order valence-corrected chi connectivity index (χ1v) is 7.91. The quantitative estimate of drug-likeness (QED) is 0.276. The second kappa shape index (κ2) is 11.2. The van der Waals surface area contributed by atoms with E-state index in [0.29, 0.717) is 6.42 Å². The summed E-state index contributed by atoms with van der Waals surface area (Å²) in [6.07, 6.45) is 13.8. The largest absolute Gasteiger partial charge is 0.331 e. The third-order valence-corrected chi connectivity index (χ3v) is 3.48. The minimum absolute atomic E-state index is 0.192. The topological polar surface area (TPSA) is 17.1 Å². The van der Waals surface area contributed by atoms with Crippen LogP contribution in [-0.4, -0.2) is 38.0 Å². The Labute approximate surface area is 120 Å². The number of hydrogen-bond donors (Lipinski definition) is 0. The Balaban J connectivity index is 3.11. The Morgan fingerprint density at radius 1 is 0.842 bits per heavy atom. The van der Waals surface area contributed by atoms with E-state index in [0.717, 1.165) is 10.9 Å². The van der Waals surface area contributed by atoms with Crippen molar-refractivity contribution < 1.29 is 9.28 Å². The van der Waals surface area contributed by atoms with Crippen molar-refractivity contribution in [1.29, 1.82) is 0 Å². The van der Waals surface area contributed by atoms with Crippen molar-refractivity contribution in [3.8, 4) is 0 Å². The van der Waals surface area contributed by atoms with E-state index in [1.165, 1.54) is 64.0 Å². The lowest BCUT2D eigenvalue weighted by Crippen LogP contribution is -2.35. The molecule has 0 aliphatic rings. The number of rotatable bonds is 13. The van der Waals surface area contributed by atoms with Gasteiger partial charge in [0.05, 0.1) is 27.7 Å². The molecule has 0 spiro atoms. The lowest BCUT2D eigenvalue weighted by atomic mass is 10.1. The van der Waals surface area contributed by atoms with Gasteiger partial charge in [0.25, 0.3) is 0 Å². The molecule has 0 aliphatic carbocycles. The van der Waals surface area contributed by atoms with Gasteiger partial charge in [-0.1, -0.05) is 45.1 Å². The minimum atomic E-state index is 0.192. The van der Waals surface area contributed by atoms with E-state index in [-0.39, 0.29) is 5.78 Å². The van der Waals surface area contributed by atoms with Crippen molar-refractivity contribution in [2.75, 3.05) is 27.7 Å². The van der Waals surface area contributed by atoms with Gasteiger partial charge in [-0.3, -0.25) is 4.79 Å². The summed E-state index contributed by atoms with van der Waals surface area (Å²) in [7, 11) is 6.78. The number of allylic oxidation sites excluding steroid dienone is 1. The first-order valence-electron chi connectivity index (χ1n) is 7.91. The fraction of sp³-hybridized carbons (Fsp3) is 0.824. The number of unbranched alkanes of at least 4 members (excludes halogenated alkanes) is 8. The van der Waals surface area contributed by atoms with Crippen LogP contribution in [-0.2, 0) is 4.79 Å². The maximum Gasteiger partial charge on any atom is 0.155 e. The van der Waals surface area contributed by atoms with E-state index in [1.807, 2.05) is 0 Å². The Morgan fingerprint density at radius 3 is 1.68 bits per heavy atom. The maximum atomic E-state index is 11.0. The van der Waals surface area contributed by atoms with Crippen molar-refractivity contribution >= 4 is 5.78 Å². The summed E-state index contributed by atoms with van der Waals surface area (Å²) in [5, 5.41) is 0. The summed E-state index contributed by atoms with van der Waals surface area (Å²) < 4.78 is 1.09. The normalized spacial score (nSPS) is 11.5. The zero-order chi connectivity index (χ0) is 14.6. The molecule has 0 rings (SSSR count). The van der Waals surface area contributed by atoms with Gasteiger partial charge in [-0.05, 0) is 25.3 Å². The first kappa shape index (κ1) is 18.4. The molecule has 0 aromatic carbocycles. The Bertz CT molecular complexity index is 240. The number of carbonyl (C=O) groups excluding carboxylic acids is 1. The molecule has 0 atom stereocenters. The molecule has 0 fully saturated rings. The molecule has 0 saturated carbocycles. The van der Waals surface area contributed by atoms with Crippen molar-refractivity contribution in [2.45, 2.75) is 64.2 Å². The van der Waals surface area contributed by atoms with Crippen LogP contribution in [0.5, 0.6) is 0 Å². The Kier molecular flexibility index (Phi) is 10.8. The summed E-state index contributed by atoms with van der Waals surface area (Å²) in [6, 6.07) is 0. The highest BCUT2D eigenvalue weighted by atomic mass is 16.1. The smallest absolute Gasteiger partial charge is 0.155 e. The molecule has 0 saturated heterocycles. The van der Waals surface area contributed by atoms with Crippen LogP contribution in [0.1, 0.15) is 64.2 Å². The molecule has 0 aromatic rings. The van der Waals surface area contributed by atoms with Gasteiger partial charge in [-0.15, -0.1) is 0 Å². The van der Waals surface area contributed by atoms with Crippen LogP contribution in [0.25, 0.3) is 0 Å². The van der Waals surface area contributed by atoms with Gasteiger partial charge in [0, 0.05) is 6.42 Å². The third-order valence-electron chi connectivity index (χ3n) is 3.48. The lowest BCUT2D eigenvalue weighted by Gasteiger charge is -2.23. The molecule has 2 nitrogen and oxygen atoms in total. The van der Waals surface area contributed by atoms with Crippen LogP contribution in [0.4, 0.5) is 0 Å². The third kappa shape index (κ3) is 15.3. The van der Waals surface area contributed by atoms with Crippen molar-refractivity contribution in [3.63, 3.8) is 0 Å². The molecule has 19 heavy (non-hydrogen) atoms. The van der Waals surface area contributed by atoms with Crippen LogP contribution in [0.2, 0.25) is 0 Å². The summed E-state index contributed by atoms with van der Waals surface area (Å²) in [6.45, 7) is 4.78. The van der Waals surface area contributed by atoms with Crippen molar-refractivity contribution in [3.05, 3.63) is 12.7 Å². The molecule has 0 aliphatic heterocycles. The van der Waals surface area contributed by atoms with Gasteiger partial charge in [0.2, 0.25) is 0 Å². The fourth-order valence-electron chi connectivity index (χ4n) is 2.22. The fourth-order valence-corrected chi connectivity index (χ4v) is 2.22. The predicted octanol–water partition coefficient (Wildman–Crippen LogP) is 4.35. The predicted molar refractivity (Wildman–Crippen MR) is 84.3 cm³/mol. The monoisotopic (exact) mass is 268 g/mol. The van der Waals surface area contributed by atoms with Crippen molar-refractivity contribution in [1.82, 2.24) is 0 Å². The highest BCUT2D eigenvalue weighted by Gasteiger charge is 2.04. The Hall–Kier alpha value is -0.630. The number of hydrogen-bond acceptors (Lipinski definition) is 1. The second-order valence-corrected chi connectivity index (χ2v) is 6.62. The van der Waals surface area contributed by atoms with Gasteiger partial charge in [0.1, 0.15) is 0 Å². The van der Waals surface area contributed by atoms with Crippen LogP contribution in [0, 0.1) is 0 Å². The average Bonchev–Trinajstić information content (AvgIpc) is 2.34. The van der Waals surface area contributed by atoms with Crippen LogP contribution < -0.4 is 0 Å². The first-order chi connectivity index (χ1) is 8.95. The standard InChI is InChI=1S/C17H34NO/c1-5-17(19)15-13-11-9-7-6-8-10-12-14-16-18(2,3)4/h5H,1,6-16H2,2-4H3/q+1. The molecule has 2 heteroatoms. The number of ketones is 1.